The molecule has 0 saturated heterocycles. The Labute approximate surface area is 126 Å². The third-order valence-electron chi connectivity index (χ3n) is 3.12. The summed E-state index contributed by atoms with van der Waals surface area (Å²) in [5, 5.41) is 8.72. The van der Waals surface area contributed by atoms with Crippen LogP contribution in [0.25, 0.3) is 0 Å². The summed E-state index contributed by atoms with van der Waals surface area (Å²) in [6, 6.07) is 6.56. The highest BCUT2D eigenvalue weighted by atomic mass is 32.2. The minimum atomic E-state index is -3.70. The van der Waals surface area contributed by atoms with Crippen LogP contribution in [-0.2, 0) is 10.0 Å². The molecule has 1 aromatic carbocycles. The molecule has 0 fully saturated rings. The lowest BCUT2D eigenvalue weighted by Crippen LogP contribution is -2.35. The molecule has 0 radical (unpaired) electrons. The van der Waals surface area contributed by atoms with Crippen LogP contribution in [0.4, 0.5) is 0 Å². The van der Waals surface area contributed by atoms with E-state index in [-0.39, 0.29) is 17.9 Å². The second kappa shape index (κ2) is 7.24. The Hall–Kier alpha value is -1.86. The minimum absolute atomic E-state index is 0.130. The molecule has 1 atom stereocenters. The van der Waals surface area contributed by atoms with Gasteiger partial charge in [0.25, 0.3) is 0 Å². The van der Waals surface area contributed by atoms with Crippen molar-refractivity contribution in [2.45, 2.75) is 31.2 Å². The van der Waals surface area contributed by atoms with Crippen LogP contribution in [-0.4, -0.2) is 32.4 Å². The number of nitrogens with two attached hydrogens (primary N) is 1. The van der Waals surface area contributed by atoms with Crippen molar-refractivity contribution < 1.29 is 8.42 Å². The largest absolute Gasteiger partial charge is 0.320 e. The molecule has 2 N–H and O–H groups in total. The third kappa shape index (κ3) is 4.05. The lowest BCUT2D eigenvalue weighted by Gasteiger charge is -2.23. The van der Waals surface area contributed by atoms with Gasteiger partial charge in [0.1, 0.15) is 0 Å². The van der Waals surface area contributed by atoms with Gasteiger partial charge >= 0.3 is 0 Å². The lowest BCUT2D eigenvalue weighted by molar-refractivity contribution is 0.393. The standard InChI is InChI=1S/C15H19N3O2S/c1-12-6-7-15(14(11-12)5-4-9-16)21(19,20)18(3)13(2)8-10-17/h6-7,11,13H,8-9,16H2,1-3H3. The fraction of sp³-hybridized carbons (Fsp3) is 0.400. The van der Waals surface area contributed by atoms with Gasteiger partial charge in [-0.2, -0.15) is 9.57 Å². The Morgan fingerprint density at radius 3 is 2.67 bits per heavy atom. The molecule has 0 saturated carbocycles. The maximum atomic E-state index is 12.7. The first-order valence-electron chi connectivity index (χ1n) is 6.49. The second-order valence-electron chi connectivity index (χ2n) is 4.74. The highest BCUT2D eigenvalue weighted by Gasteiger charge is 2.27. The summed E-state index contributed by atoms with van der Waals surface area (Å²) in [7, 11) is -2.23. The molecule has 0 amide bonds. The molecule has 0 bridgehead atoms. The summed E-state index contributed by atoms with van der Waals surface area (Å²) >= 11 is 0. The zero-order valence-electron chi connectivity index (χ0n) is 12.4. The van der Waals surface area contributed by atoms with Gasteiger partial charge in [0.15, 0.2) is 0 Å². The average molecular weight is 305 g/mol. The molecule has 21 heavy (non-hydrogen) atoms. The zero-order chi connectivity index (χ0) is 16.0. The van der Waals surface area contributed by atoms with Crippen LogP contribution in [0.3, 0.4) is 0 Å². The number of aryl methyl sites for hydroxylation is 1. The fourth-order valence-corrected chi connectivity index (χ4v) is 3.25. The first-order valence-corrected chi connectivity index (χ1v) is 7.93. The molecule has 6 heteroatoms. The fourth-order valence-electron chi connectivity index (χ4n) is 1.77. The highest BCUT2D eigenvalue weighted by Crippen LogP contribution is 2.22. The van der Waals surface area contributed by atoms with Crippen molar-refractivity contribution in [3.63, 3.8) is 0 Å². The van der Waals surface area contributed by atoms with Gasteiger partial charge in [0.2, 0.25) is 10.0 Å². The van der Waals surface area contributed by atoms with Crippen molar-refractivity contribution in [2.24, 2.45) is 5.73 Å². The van der Waals surface area contributed by atoms with Crippen LogP contribution in [0.15, 0.2) is 23.1 Å². The van der Waals surface area contributed by atoms with Crippen LogP contribution in [0, 0.1) is 30.1 Å². The molecule has 5 nitrogen and oxygen atoms in total. The predicted octanol–water partition coefficient (Wildman–Crippen LogP) is 1.23. The highest BCUT2D eigenvalue weighted by molar-refractivity contribution is 7.89. The monoisotopic (exact) mass is 305 g/mol. The van der Waals surface area contributed by atoms with Crippen molar-refractivity contribution in [2.75, 3.05) is 13.6 Å². The first-order chi connectivity index (χ1) is 9.84. The van der Waals surface area contributed by atoms with E-state index in [2.05, 4.69) is 11.8 Å². The van der Waals surface area contributed by atoms with Crippen molar-refractivity contribution in [3.8, 4) is 17.9 Å². The maximum Gasteiger partial charge on any atom is 0.244 e. The van der Waals surface area contributed by atoms with Crippen molar-refractivity contribution in [1.82, 2.24) is 4.31 Å². The first kappa shape index (κ1) is 17.2. The molecule has 0 aliphatic rings. The van der Waals surface area contributed by atoms with E-state index in [4.69, 9.17) is 11.0 Å². The summed E-state index contributed by atoms with van der Waals surface area (Å²) in [6.45, 7) is 3.72. The third-order valence-corrected chi connectivity index (χ3v) is 5.15. The van der Waals surface area contributed by atoms with Crippen molar-refractivity contribution in [1.29, 1.82) is 5.26 Å². The molecule has 1 aromatic rings. The summed E-state index contributed by atoms with van der Waals surface area (Å²) in [5.74, 6) is 5.48. The smallest absolute Gasteiger partial charge is 0.244 e. The van der Waals surface area contributed by atoms with E-state index >= 15 is 0 Å². The van der Waals surface area contributed by atoms with E-state index in [1.165, 1.54) is 11.4 Å². The number of benzene rings is 1. The molecule has 0 aliphatic heterocycles. The summed E-state index contributed by atoms with van der Waals surface area (Å²) < 4.78 is 26.5. The molecule has 0 aliphatic carbocycles. The number of sulfonamides is 1. The van der Waals surface area contributed by atoms with Gasteiger partial charge in [-0.1, -0.05) is 17.9 Å². The molecule has 0 heterocycles. The van der Waals surface area contributed by atoms with Gasteiger partial charge in [-0.3, -0.25) is 0 Å². The van der Waals surface area contributed by atoms with E-state index in [0.29, 0.717) is 5.56 Å². The molecular formula is C15H19N3O2S. The number of hydrogen-bond donors (Lipinski definition) is 1. The van der Waals surface area contributed by atoms with E-state index in [1.807, 2.05) is 13.0 Å². The van der Waals surface area contributed by atoms with Gasteiger partial charge < -0.3 is 5.73 Å². The Morgan fingerprint density at radius 1 is 1.43 bits per heavy atom. The van der Waals surface area contributed by atoms with E-state index in [1.54, 1.807) is 25.1 Å². The average Bonchev–Trinajstić information content (AvgIpc) is 2.44. The molecule has 0 aromatic heterocycles. The summed E-state index contributed by atoms with van der Waals surface area (Å²) in [4.78, 5) is 0.140. The van der Waals surface area contributed by atoms with E-state index in [0.717, 1.165) is 5.56 Å². The van der Waals surface area contributed by atoms with Crippen LogP contribution in [0.2, 0.25) is 0 Å². The molecule has 1 unspecified atom stereocenters. The molecule has 1 rings (SSSR count). The second-order valence-corrected chi connectivity index (χ2v) is 6.70. The van der Waals surface area contributed by atoms with Gasteiger partial charge in [-0.25, -0.2) is 8.42 Å². The summed E-state index contributed by atoms with van der Waals surface area (Å²) in [5.41, 5.74) is 6.70. The number of rotatable bonds is 4. The van der Waals surface area contributed by atoms with Crippen LogP contribution >= 0.6 is 0 Å². The predicted molar refractivity (Wildman–Crippen MR) is 81.8 cm³/mol. The van der Waals surface area contributed by atoms with Crippen molar-refractivity contribution >= 4 is 10.0 Å². The zero-order valence-corrected chi connectivity index (χ0v) is 13.2. The lowest BCUT2D eigenvalue weighted by atomic mass is 10.1. The minimum Gasteiger partial charge on any atom is -0.320 e. The van der Waals surface area contributed by atoms with E-state index < -0.39 is 16.1 Å². The van der Waals surface area contributed by atoms with Gasteiger partial charge in [-0.05, 0) is 31.5 Å². The SMILES string of the molecule is Cc1ccc(S(=O)(=O)N(C)C(C)CC#N)c(C#CCN)c1. The number of nitriles is 1. The van der Waals surface area contributed by atoms with Gasteiger partial charge in [-0.15, -0.1) is 0 Å². The topological polar surface area (TPSA) is 87.2 Å². The Bertz CT molecular complexity index is 709. The Balaban J connectivity index is 3.35. The normalized spacial score (nSPS) is 12.4. The molecule has 0 spiro atoms. The summed E-state index contributed by atoms with van der Waals surface area (Å²) in [6.07, 6.45) is 0.130. The Morgan fingerprint density at radius 2 is 2.10 bits per heavy atom. The van der Waals surface area contributed by atoms with Crippen LogP contribution < -0.4 is 5.73 Å². The van der Waals surface area contributed by atoms with Crippen LogP contribution in [0.5, 0.6) is 0 Å². The van der Waals surface area contributed by atoms with Gasteiger partial charge in [0, 0.05) is 18.7 Å². The maximum absolute atomic E-state index is 12.7. The molecule has 112 valence electrons. The number of hydrogen-bond acceptors (Lipinski definition) is 4. The Kier molecular flexibility index (Phi) is 5.92. The van der Waals surface area contributed by atoms with Crippen LogP contribution in [0.1, 0.15) is 24.5 Å². The molecular weight excluding hydrogens is 286 g/mol. The van der Waals surface area contributed by atoms with Gasteiger partial charge in [0.05, 0.1) is 23.9 Å². The quantitative estimate of drug-likeness (QED) is 0.848. The van der Waals surface area contributed by atoms with Crippen molar-refractivity contribution in [3.05, 3.63) is 29.3 Å². The van der Waals surface area contributed by atoms with E-state index in [9.17, 15) is 8.42 Å². The number of nitrogens with zero attached hydrogens (tertiary/aromatic N) is 2.